The Balaban J connectivity index is 1.80. The molecule has 0 radical (unpaired) electrons. The first-order valence-corrected chi connectivity index (χ1v) is 9.77. The van der Waals surface area contributed by atoms with Gasteiger partial charge in [0.2, 0.25) is 12.7 Å². The third-order valence-electron chi connectivity index (χ3n) is 4.71. The van der Waals surface area contributed by atoms with Crippen LogP contribution in [0.15, 0.2) is 18.2 Å². The second-order valence-corrected chi connectivity index (χ2v) is 8.69. The zero-order chi connectivity index (χ0) is 17.4. The Morgan fingerprint density at radius 3 is 2.58 bits per heavy atom. The maximum atomic E-state index is 13.0. The zero-order valence-corrected chi connectivity index (χ0v) is 14.7. The molecule has 0 bridgehead atoms. The van der Waals surface area contributed by atoms with Crippen LogP contribution in [0.4, 0.5) is 0 Å². The maximum absolute atomic E-state index is 13.0. The number of rotatable bonds is 4. The van der Waals surface area contributed by atoms with E-state index in [2.05, 4.69) is 5.32 Å². The number of carbonyl (C=O) groups excluding carboxylic acids is 1. The fourth-order valence-corrected chi connectivity index (χ4v) is 4.73. The quantitative estimate of drug-likeness (QED) is 0.850. The second-order valence-electron chi connectivity index (χ2n) is 6.37. The lowest BCUT2D eigenvalue weighted by Crippen LogP contribution is -2.57. The number of carbonyl (C=O) groups is 1. The van der Waals surface area contributed by atoms with Gasteiger partial charge in [-0.1, -0.05) is 6.07 Å². The minimum atomic E-state index is -3.51. The van der Waals surface area contributed by atoms with E-state index in [4.69, 9.17) is 9.47 Å². The first-order valence-electron chi connectivity index (χ1n) is 7.88. The Morgan fingerprint density at radius 1 is 1.25 bits per heavy atom. The van der Waals surface area contributed by atoms with E-state index in [0.717, 1.165) is 11.8 Å². The van der Waals surface area contributed by atoms with Gasteiger partial charge in [0.25, 0.3) is 0 Å². The molecule has 0 spiro atoms. The molecule has 0 atom stereocenters. The van der Waals surface area contributed by atoms with Crippen LogP contribution in [0.25, 0.3) is 0 Å². The lowest BCUT2D eigenvalue weighted by molar-refractivity contribution is -0.134. The van der Waals surface area contributed by atoms with Gasteiger partial charge in [0, 0.05) is 19.8 Å². The summed E-state index contributed by atoms with van der Waals surface area (Å²) >= 11 is 0. The Morgan fingerprint density at radius 2 is 1.92 bits per heavy atom. The SMILES string of the molecule is CN(Cc1ccc2c(c1)OCO2)C(=O)C1(S(C)(=O)=O)CCNCC1. The Hall–Kier alpha value is -1.80. The molecule has 1 fully saturated rings. The minimum Gasteiger partial charge on any atom is -0.454 e. The van der Waals surface area contributed by atoms with Crippen molar-refractivity contribution in [1.29, 1.82) is 0 Å². The lowest BCUT2D eigenvalue weighted by Gasteiger charge is -2.37. The van der Waals surface area contributed by atoms with Crippen molar-refractivity contribution in [2.75, 3.05) is 33.2 Å². The van der Waals surface area contributed by atoms with Gasteiger partial charge in [-0.05, 0) is 43.6 Å². The van der Waals surface area contributed by atoms with Gasteiger partial charge >= 0.3 is 0 Å². The molecule has 7 nitrogen and oxygen atoms in total. The molecule has 2 aliphatic heterocycles. The molecule has 1 aromatic carbocycles. The fraction of sp³-hybridized carbons (Fsp3) is 0.562. The number of fused-ring (bicyclic) bond motifs is 1. The van der Waals surface area contributed by atoms with Crippen LogP contribution in [0.2, 0.25) is 0 Å². The largest absolute Gasteiger partial charge is 0.454 e. The Labute approximate surface area is 141 Å². The molecule has 2 aliphatic rings. The van der Waals surface area contributed by atoms with Crippen molar-refractivity contribution in [3.8, 4) is 11.5 Å². The van der Waals surface area contributed by atoms with Crippen molar-refractivity contribution < 1.29 is 22.7 Å². The molecule has 8 heteroatoms. The molecule has 3 rings (SSSR count). The number of amides is 1. The first kappa shape index (κ1) is 17.0. The molecule has 1 amide bonds. The van der Waals surface area contributed by atoms with Gasteiger partial charge in [-0.15, -0.1) is 0 Å². The summed E-state index contributed by atoms with van der Waals surface area (Å²) in [5.74, 6) is 0.982. The van der Waals surface area contributed by atoms with Gasteiger partial charge in [0.05, 0.1) is 0 Å². The zero-order valence-electron chi connectivity index (χ0n) is 13.9. The van der Waals surface area contributed by atoms with E-state index >= 15 is 0 Å². The summed E-state index contributed by atoms with van der Waals surface area (Å²) in [5.41, 5.74) is 0.868. The van der Waals surface area contributed by atoms with Gasteiger partial charge < -0.3 is 19.7 Å². The van der Waals surface area contributed by atoms with Crippen LogP contribution in [-0.4, -0.2) is 57.2 Å². The molecule has 0 unspecified atom stereocenters. The number of sulfone groups is 1. The molecule has 132 valence electrons. The highest BCUT2D eigenvalue weighted by atomic mass is 32.2. The molecular formula is C16H22N2O5S. The number of hydrogen-bond acceptors (Lipinski definition) is 6. The van der Waals surface area contributed by atoms with E-state index in [1.54, 1.807) is 13.1 Å². The smallest absolute Gasteiger partial charge is 0.244 e. The number of benzene rings is 1. The van der Waals surface area contributed by atoms with Crippen LogP contribution in [-0.2, 0) is 21.2 Å². The Bertz CT molecular complexity index is 741. The third-order valence-corrected chi connectivity index (χ3v) is 6.72. The van der Waals surface area contributed by atoms with E-state index in [-0.39, 0.29) is 12.7 Å². The second kappa shape index (κ2) is 6.25. The van der Waals surface area contributed by atoms with E-state index in [0.29, 0.717) is 44.0 Å². The van der Waals surface area contributed by atoms with Crippen molar-refractivity contribution in [2.45, 2.75) is 24.1 Å². The monoisotopic (exact) mass is 354 g/mol. The van der Waals surface area contributed by atoms with Gasteiger partial charge in [-0.2, -0.15) is 0 Å². The normalized spacial score (nSPS) is 19.1. The highest BCUT2D eigenvalue weighted by Crippen LogP contribution is 2.34. The van der Waals surface area contributed by atoms with Gasteiger partial charge in [-0.3, -0.25) is 4.79 Å². The molecule has 2 heterocycles. The van der Waals surface area contributed by atoms with Gasteiger partial charge in [-0.25, -0.2) is 8.42 Å². The van der Waals surface area contributed by atoms with Crippen LogP contribution in [0.1, 0.15) is 18.4 Å². The number of piperidine rings is 1. The highest BCUT2D eigenvalue weighted by Gasteiger charge is 2.49. The summed E-state index contributed by atoms with van der Waals surface area (Å²) in [4.78, 5) is 14.5. The van der Waals surface area contributed by atoms with Gasteiger partial charge in [0.15, 0.2) is 26.1 Å². The maximum Gasteiger partial charge on any atom is 0.244 e. The summed E-state index contributed by atoms with van der Waals surface area (Å²) in [6.07, 6.45) is 1.76. The Kier molecular flexibility index (Phi) is 4.44. The molecule has 0 aliphatic carbocycles. The summed E-state index contributed by atoms with van der Waals surface area (Å²) in [5, 5.41) is 3.12. The third kappa shape index (κ3) is 2.95. The van der Waals surface area contributed by atoms with Crippen molar-refractivity contribution in [2.24, 2.45) is 0 Å². The molecular weight excluding hydrogens is 332 g/mol. The predicted molar refractivity (Wildman–Crippen MR) is 88.7 cm³/mol. The summed E-state index contributed by atoms with van der Waals surface area (Å²) in [6, 6.07) is 5.47. The molecule has 0 aromatic heterocycles. The van der Waals surface area contributed by atoms with E-state index < -0.39 is 14.6 Å². The van der Waals surface area contributed by atoms with Gasteiger partial charge in [0.1, 0.15) is 0 Å². The average molecular weight is 354 g/mol. The number of hydrogen-bond donors (Lipinski definition) is 1. The fourth-order valence-electron chi connectivity index (χ4n) is 3.31. The van der Waals surface area contributed by atoms with Crippen molar-refractivity contribution >= 4 is 15.7 Å². The van der Waals surface area contributed by atoms with Crippen LogP contribution in [0.3, 0.4) is 0 Å². The van der Waals surface area contributed by atoms with Crippen LogP contribution in [0.5, 0.6) is 11.5 Å². The van der Waals surface area contributed by atoms with Crippen molar-refractivity contribution in [3.05, 3.63) is 23.8 Å². The van der Waals surface area contributed by atoms with Crippen LogP contribution in [0, 0.1) is 0 Å². The summed E-state index contributed by atoms with van der Waals surface area (Å²) in [6.45, 7) is 1.56. The number of ether oxygens (including phenoxy) is 2. The molecule has 1 aromatic rings. The summed E-state index contributed by atoms with van der Waals surface area (Å²) in [7, 11) is -1.87. The number of nitrogens with zero attached hydrogens (tertiary/aromatic N) is 1. The lowest BCUT2D eigenvalue weighted by atomic mass is 9.95. The van der Waals surface area contributed by atoms with E-state index in [1.165, 1.54) is 4.90 Å². The standard InChI is InChI=1S/C16H22N2O5S/c1-18(10-12-3-4-13-14(9-12)23-11-22-13)15(19)16(24(2,20)21)5-7-17-8-6-16/h3-4,9,17H,5-8,10-11H2,1-2H3. The molecule has 0 saturated carbocycles. The van der Waals surface area contributed by atoms with E-state index in [1.807, 2.05) is 12.1 Å². The van der Waals surface area contributed by atoms with Crippen LogP contribution < -0.4 is 14.8 Å². The van der Waals surface area contributed by atoms with E-state index in [9.17, 15) is 13.2 Å². The summed E-state index contributed by atoms with van der Waals surface area (Å²) < 4.78 is 34.0. The van der Waals surface area contributed by atoms with Crippen LogP contribution >= 0.6 is 0 Å². The van der Waals surface area contributed by atoms with Crippen molar-refractivity contribution in [1.82, 2.24) is 10.2 Å². The molecule has 1 N–H and O–H groups in total. The molecule has 24 heavy (non-hydrogen) atoms. The highest BCUT2D eigenvalue weighted by molar-refractivity contribution is 7.92. The first-order chi connectivity index (χ1) is 11.3. The van der Waals surface area contributed by atoms with Crippen molar-refractivity contribution in [3.63, 3.8) is 0 Å². The topological polar surface area (TPSA) is 84.9 Å². The molecule has 1 saturated heterocycles. The predicted octanol–water partition coefficient (Wildman–Crippen LogP) is 0.540. The number of nitrogens with one attached hydrogen (secondary N) is 1. The minimum absolute atomic E-state index is 0.192. The average Bonchev–Trinajstić information content (AvgIpc) is 3.01.